The van der Waals surface area contributed by atoms with E-state index in [-0.39, 0.29) is 43.0 Å². The Morgan fingerprint density at radius 3 is 2.33 bits per heavy atom. The van der Waals surface area contributed by atoms with E-state index in [1.54, 1.807) is 12.1 Å². The Kier molecular flexibility index (Phi) is 9.47. The van der Waals surface area contributed by atoms with Gasteiger partial charge in [0.15, 0.2) is 0 Å². The summed E-state index contributed by atoms with van der Waals surface area (Å²) in [6.45, 7) is 0. The third-order valence-electron chi connectivity index (χ3n) is 0.569. The van der Waals surface area contributed by atoms with E-state index < -0.39 is 0 Å². The molecule has 0 aliphatic carbocycles. The van der Waals surface area contributed by atoms with Crippen molar-refractivity contribution in [1.29, 1.82) is 10.5 Å². The van der Waals surface area contributed by atoms with Gasteiger partial charge in [0.2, 0.25) is 0 Å². The smallest absolute Gasteiger partial charge is 1.00 e. The summed E-state index contributed by atoms with van der Waals surface area (Å²) in [5.41, 5.74) is 0.0903. The first-order valence-electron chi connectivity index (χ1n) is 1.95. The second kappa shape index (κ2) is 7.52. The molecule has 0 heterocycles. The monoisotopic (exact) mass is 132 g/mol. The van der Waals surface area contributed by atoms with Gasteiger partial charge in [0, 0.05) is 0 Å². The van der Waals surface area contributed by atoms with Crippen LogP contribution in [0.5, 0.6) is 0 Å². The van der Waals surface area contributed by atoms with Gasteiger partial charge in [-0.15, -0.1) is 0 Å². The Balaban J connectivity index is -0.000000245. The van der Waals surface area contributed by atoms with Crippen LogP contribution < -0.4 is 29.6 Å². The van der Waals surface area contributed by atoms with Crippen LogP contribution in [0.25, 0.3) is 0 Å². The molecule has 42 valence electrons. The summed E-state index contributed by atoms with van der Waals surface area (Å²) in [5.74, 6) is 0. The van der Waals surface area contributed by atoms with Gasteiger partial charge in [0.25, 0.3) is 0 Å². The molecular formula is C5H5N2NaO. The third kappa shape index (κ3) is 5.39. The minimum atomic E-state index is -0.0208. The number of hydrogen-bond donors (Lipinski definition) is 1. The van der Waals surface area contributed by atoms with E-state index in [2.05, 4.69) is 0 Å². The molecule has 0 spiro atoms. The molecule has 0 saturated carbocycles. The molecular weight excluding hydrogens is 127 g/mol. The van der Waals surface area contributed by atoms with Crippen LogP contribution >= 0.6 is 0 Å². The van der Waals surface area contributed by atoms with E-state index in [1.165, 1.54) is 0 Å². The first-order valence-corrected chi connectivity index (χ1v) is 1.95. The van der Waals surface area contributed by atoms with Gasteiger partial charge < -0.3 is 6.53 Å². The molecule has 0 atom stereocenters. The molecule has 0 aromatic carbocycles. The van der Waals surface area contributed by atoms with E-state index >= 15 is 0 Å². The van der Waals surface area contributed by atoms with Crippen molar-refractivity contribution in [3.05, 3.63) is 11.8 Å². The molecule has 0 aromatic rings. The zero-order valence-corrected chi connectivity index (χ0v) is 7.13. The molecule has 3 nitrogen and oxygen atoms in total. The van der Waals surface area contributed by atoms with Crippen molar-refractivity contribution in [2.24, 2.45) is 0 Å². The Labute approximate surface area is 77.0 Å². The summed E-state index contributed by atoms with van der Waals surface area (Å²) in [4.78, 5) is 0. The van der Waals surface area contributed by atoms with Crippen molar-refractivity contribution in [2.45, 2.75) is 6.42 Å². The van der Waals surface area contributed by atoms with E-state index in [0.29, 0.717) is 6.26 Å². The van der Waals surface area contributed by atoms with E-state index in [0.717, 1.165) is 0 Å². The van der Waals surface area contributed by atoms with Crippen molar-refractivity contribution in [3.63, 3.8) is 0 Å². The summed E-state index contributed by atoms with van der Waals surface area (Å²) in [5, 5.41) is 24.1. The first-order chi connectivity index (χ1) is 3.85. The quantitative estimate of drug-likeness (QED) is 0.254. The van der Waals surface area contributed by atoms with Crippen LogP contribution in [0.2, 0.25) is 0 Å². The van der Waals surface area contributed by atoms with Crippen molar-refractivity contribution >= 4 is 0 Å². The Morgan fingerprint density at radius 2 is 2.22 bits per heavy atom. The second-order valence-electron chi connectivity index (χ2n) is 1.10. The number of aliphatic hydroxyl groups excluding tert-OH is 1. The molecule has 0 fully saturated rings. The fraction of sp³-hybridized carbons (Fsp3) is 0.200. The van der Waals surface area contributed by atoms with E-state index in [1.807, 2.05) is 0 Å². The molecule has 0 rings (SSSR count). The zero-order valence-electron chi connectivity index (χ0n) is 6.13. The van der Waals surface area contributed by atoms with Gasteiger partial charge in [-0.05, 0) is 0 Å². The maximum Gasteiger partial charge on any atom is 1.00 e. The fourth-order valence-electron chi connectivity index (χ4n) is 0.199. The van der Waals surface area contributed by atoms with Gasteiger partial charge >= 0.3 is 29.6 Å². The predicted octanol–water partition coefficient (Wildman–Crippen LogP) is -2.02. The molecule has 1 N–H and O–H groups in total. The topological polar surface area (TPSA) is 67.8 Å². The van der Waals surface area contributed by atoms with Crippen LogP contribution in [0.3, 0.4) is 0 Å². The fourth-order valence-corrected chi connectivity index (χ4v) is 0.199. The van der Waals surface area contributed by atoms with Gasteiger partial charge in [0.05, 0.1) is 30.4 Å². The van der Waals surface area contributed by atoms with E-state index in [4.69, 9.17) is 15.6 Å². The molecule has 0 aromatic heterocycles. The largest absolute Gasteiger partial charge is 1.00 e. The molecule has 9 heavy (non-hydrogen) atoms. The summed E-state index contributed by atoms with van der Waals surface area (Å²) < 4.78 is 0. The van der Waals surface area contributed by atoms with Gasteiger partial charge in [-0.1, -0.05) is 0 Å². The molecule has 0 aliphatic heterocycles. The number of allylic oxidation sites excluding steroid dienone is 1. The van der Waals surface area contributed by atoms with E-state index in [9.17, 15) is 0 Å². The maximum absolute atomic E-state index is 8.12. The maximum atomic E-state index is 8.12. The average molecular weight is 132 g/mol. The summed E-state index contributed by atoms with van der Waals surface area (Å²) in [6.07, 6.45) is 0.621. The van der Waals surface area contributed by atoms with Crippen LogP contribution in [0, 0.1) is 22.7 Å². The SMILES string of the molecule is N#CC/C(C#N)=C\O.[H-].[Na+]. The van der Waals surface area contributed by atoms with Crippen LogP contribution in [-0.4, -0.2) is 5.11 Å². The minimum absolute atomic E-state index is 0. The first kappa shape index (κ1) is 11.3. The van der Waals surface area contributed by atoms with Crippen LogP contribution in [0.15, 0.2) is 11.8 Å². The van der Waals surface area contributed by atoms with Crippen LogP contribution in [0.1, 0.15) is 7.85 Å². The van der Waals surface area contributed by atoms with Crippen molar-refractivity contribution in [1.82, 2.24) is 0 Å². The Bertz CT molecular complexity index is 179. The normalized spacial score (nSPS) is 8.44. The Hall–Kier alpha value is -0.480. The predicted molar refractivity (Wildman–Crippen MR) is 27.7 cm³/mol. The number of nitrogens with zero attached hydrogens (tertiary/aromatic N) is 2. The number of nitriles is 2. The van der Waals surface area contributed by atoms with Crippen LogP contribution in [-0.2, 0) is 0 Å². The standard InChI is InChI=1S/C5H4N2O.Na.H/c6-2-1-5(3-7)4-8;;/h4,8H,1H2;;/q;+1;-1/b5-4+;;. The summed E-state index contributed by atoms with van der Waals surface area (Å²) in [7, 11) is 0. The number of rotatable bonds is 1. The molecule has 0 saturated heterocycles. The zero-order chi connectivity index (χ0) is 6.41. The molecule has 0 bridgehead atoms. The second-order valence-corrected chi connectivity index (χ2v) is 1.10. The van der Waals surface area contributed by atoms with Gasteiger partial charge in [-0.3, -0.25) is 0 Å². The molecule has 0 amide bonds. The molecule has 4 heteroatoms. The Morgan fingerprint density at radius 1 is 1.67 bits per heavy atom. The van der Waals surface area contributed by atoms with Gasteiger partial charge in [-0.25, -0.2) is 0 Å². The molecule has 0 radical (unpaired) electrons. The van der Waals surface area contributed by atoms with Crippen molar-refractivity contribution < 1.29 is 36.1 Å². The third-order valence-corrected chi connectivity index (χ3v) is 0.569. The summed E-state index contributed by atoms with van der Waals surface area (Å²) in [6, 6.07) is 3.36. The van der Waals surface area contributed by atoms with Gasteiger partial charge in [0.1, 0.15) is 0 Å². The summed E-state index contributed by atoms with van der Waals surface area (Å²) >= 11 is 0. The van der Waals surface area contributed by atoms with Crippen molar-refractivity contribution in [2.75, 3.05) is 0 Å². The number of hydrogen-bond acceptors (Lipinski definition) is 3. The minimum Gasteiger partial charge on any atom is -1.00 e. The molecule has 0 aliphatic rings. The van der Waals surface area contributed by atoms with Crippen LogP contribution in [0.4, 0.5) is 0 Å². The van der Waals surface area contributed by atoms with Gasteiger partial charge in [-0.2, -0.15) is 10.5 Å². The average Bonchev–Trinajstić information content (AvgIpc) is 1.83. The van der Waals surface area contributed by atoms with Crippen molar-refractivity contribution in [3.8, 4) is 12.1 Å². The number of aliphatic hydroxyl groups is 1. The molecule has 0 unspecified atom stereocenters.